The summed E-state index contributed by atoms with van der Waals surface area (Å²) in [6, 6.07) is -1.04. The number of carbonyl (C=O) groups excluding carboxylic acids is 2. The van der Waals surface area contributed by atoms with Crippen molar-refractivity contribution >= 4 is 12.0 Å². The molecule has 0 aliphatic rings. The second kappa shape index (κ2) is 7.33. The number of carbonyl (C=O) groups is 2. The molecule has 0 spiro atoms. The molecule has 6 heteroatoms. The average Bonchev–Trinajstić information content (AvgIpc) is 2.22. The van der Waals surface area contributed by atoms with Crippen LogP contribution in [0.25, 0.3) is 0 Å². The van der Waals surface area contributed by atoms with Crippen LogP contribution in [0.5, 0.6) is 0 Å². The van der Waals surface area contributed by atoms with E-state index in [9.17, 15) is 9.59 Å². The Morgan fingerprint density at radius 3 is 2.05 bits per heavy atom. The summed E-state index contributed by atoms with van der Waals surface area (Å²) in [5.74, 6) is -0.416. The molecule has 2 atom stereocenters. The molecule has 0 aliphatic carbocycles. The zero-order valence-electron chi connectivity index (χ0n) is 12.6. The lowest BCUT2D eigenvalue weighted by Gasteiger charge is -2.26. The fourth-order valence-electron chi connectivity index (χ4n) is 1.35. The highest BCUT2D eigenvalue weighted by Crippen LogP contribution is 2.09. The summed E-state index contributed by atoms with van der Waals surface area (Å²) in [6.07, 6.45) is -0.627. The summed E-state index contributed by atoms with van der Waals surface area (Å²) in [5.41, 5.74) is -0.611. The number of amides is 2. The van der Waals surface area contributed by atoms with Crippen molar-refractivity contribution in [2.45, 2.75) is 59.2 Å². The standard InChI is InChI=1S/C13H26N2O4/c1-8(2)10(11(17)14-9(3)7-16)15-12(18)19-13(4,5)6/h8-10,16H,7H2,1-6H3,(H,14,17)(H,15,18)/t9-,10-/m0/s1. The van der Waals surface area contributed by atoms with E-state index in [2.05, 4.69) is 10.6 Å². The molecule has 0 saturated heterocycles. The Balaban J connectivity index is 4.58. The summed E-state index contributed by atoms with van der Waals surface area (Å²) in [7, 11) is 0. The van der Waals surface area contributed by atoms with Gasteiger partial charge >= 0.3 is 6.09 Å². The number of rotatable bonds is 5. The smallest absolute Gasteiger partial charge is 0.408 e. The highest BCUT2D eigenvalue weighted by Gasteiger charge is 2.27. The van der Waals surface area contributed by atoms with Gasteiger partial charge in [0.25, 0.3) is 0 Å². The molecule has 0 aromatic carbocycles. The first-order valence-electron chi connectivity index (χ1n) is 6.47. The SMILES string of the molecule is CC(C)[C@H](NC(=O)OC(C)(C)C)C(=O)N[C@@H](C)CO. The molecule has 0 rings (SSSR count). The minimum atomic E-state index is -0.691. The van der Waals surface area contributed by atoms with Crippen LogP contribution in [0.4, 0.5) is 4.79 Å². The molecule has 0 heterocycles. The maximum Gasteiger partial charge on any atom is 0.408 e. The topological polar surface area (TPSA) is 87.7 Å². The maximum absolute atomic E-state index is 12.0. The van der Waals surface area contributed by atoms with E-state index < -0.39 is 17.7 Å². The number of aliphatic hydroxyl groups excluding tert-OH is 1. The van der Waals surface area contributed by atoms with Crippen molar-refractivity contribution in [2.75, 3.05) is 6.61 Å². The first-order chi connectivity index (χ1) is 8.56. The van der Waals surface area contributed by atoms with Gasteiger partial charge in [-0.3, -0.25) is 4.79 Å². The Hall–Kier alpha value is -1.30. The Morgan fingerprint density at radius 2 is 1.68 bits per heavy atom. The Bertz CT molecular complexity index is 310. The molecule has 3 N–H and O–H groups in total. The molecule has 0 aromatic heterocycles. The van der Waals surface area contributed by atoms with Gasteiger partial charge in [0.2, 0.25) is 5.91 Å². The van der Waals surface area contributed by atoms with Crippen molar-refractivity contribution in [1.82, 2.24) is 10.6 Å². The lowest BCUT2D eigenvalue weighted by molar-refractivity contribution is -0.125. The van der Waals surface area contributed by atoms with Crippen LogP contribution in [0.1, 0.15) is 41.5 Å². The highest BCUT2D eigenvalue weighted by molar-refractivity contribution is 5.86. The van der Waals surface area contributed by atoms with E-state index in [0.717, 1.165) is 0 Å². The number of alkyl carbamates (subject to hydrolysis) is 1. The molecule has 0 fully saturated rings. The van der Waals surface area contributed by atoms with Gasteiger partial charge < -0.3 is 20.5 Å². The average molecular weight is 274 g/mol. The van der Waals surface area contributed by atoms with Gasteiger partial charge in [-0.1, -0.05) is 13.8 Å². The highest BCUT2D eigenvalue weighted by atomic mass is 16.6. The summed E-state index contributed by atoms with van der Waals surface area (Å²) in [4.78, 5) is 23.6. The molecule has 112 valence electrons. The molecule has 0 radical (unpaired) electrons. The maximum atomic E-state index is 12.0. The van der Waals surface area contributed by atoms with Crippen molar-refractivity contribution < 1.29 is 19.4 Å². The predicted octanol–water partition coefficient (Wildman–Crippen LogP) is 1.03. The largest absolute Gasteiger partial charge is 0.444 e. The molecule has 0 unspecified atom stereocenters. The minimum absolute atomic E-state index is 0.0848. The van der Waals surface area contributed by atoms with E-state index in [1.54, 1.807) is 27.7 Å². The number of hydrogen-bond acceptors (Lipinski definition) is 4. The van der Waals surface area contributed by atoms with Crippen LogP contribution in [-0.4, -0.2) is 41.4 Å². The Morgan fingerprint density at radius 1 is 1.16 bits per heavy atom. The van der Waals surface area contributed by atoms with Crippen LogP contribution in [0, 0.1) is 5.92 Å². The van der Waals surface area contributed by atoms with Gasteiger partial charge in [-0.2, -0.15) is 0 Å². The minimum Gasteiger partial charge on any atom is -0.444 e. The normalized spacial score (nSPS) is 14.7. The van der Waals surface area contributed by atoms with Gasteiger partial charge in [-0.05, 0) is 33.6 Å². The lowest BCUT2D eigenvalue weighted by atomic mass is 10.0. The molecule has 0 saturated carbocycles. The van der Waals surface area contributed by atoms with Crippen LogP contribution in [0.2, 0.25) is 0 Å². The third kappa shape index (κ3) is 7.66. The van der Waals surface area contributed by atoms with E-state index in [-0.39, 0.29) is 24.5 Å². The first kappa shape index (κ1) is 17.7. The molecule has 2 amide bonds. The van der Waals surface area contributed by atoms with Gasteiger partial charge in [-0.15, -0.1) is 0 Å². The molecular weight excluding hydrogens is 248 g/mol. The van der Waals surface area contributed by atoms with E-state index >= 15 is 0 Å². The summed E-state index contributed by atoms with van der Waals surface area (Å²) in [5, 5.41) is 14.1. The third-order valence-electron chi connectivity index (χ3n) is 2.28. The first-order valence-corrected chi connectivity index (χ1v) is 6.47. The van der Waals surface area contributed by atoms with Crippen molar-refractivity contribution in [2.24, 2.45) is 5.92 Å². The monoisotopic (exact) mass is 274 g/mol. The number of hydrogen-bond donors (Lipinski definition) is 3. The molecule has 0 aliphatic heterocycles. The van der Waals surface area contributed by atoms with Gasteiger partial charge in [0.1, 0.15) is 11.6 Å². The van der Waals surface area contributed by atoms with Crippen LogP contribution in [-0.2, 0) is 9.53 Å². The van der Waals surface area contributed by atoms with Crippen LogP contribution < -0.4 is 10.6 Å². The summed E-state index contributed by atoms with van der Waals surface area (Å²) >= 11 is 0. The van der Waals surface area contributed by atoms with Gasteiger partial charge in [-0.25, -0.2) is 4.79 Å². The Kier molecular flexibility index (Phi) is 6.83. The molecule has 0 bridgehead atoms. The Labute approximate surface area is 114 Å². The van der Waals surface area contributed by atoms with Gasteiger partial charge in [0.15, 0.2) is 0 Å². The van der Waals surface area contributed by atoms with E-state index in [1.807, 2.05) is 13.8 Å². The van der Waals surface area contributed by atoms with Crippen LogP contribution in [0.3, 0.4) is 0 Å². The van der Waals surface area contributed by atoms with Gasteiger partial charge in [0.05, 0.1) is 6.61 Å². The van der Waals surface area contributed by atoms with Crippen molar-refractivity contribution in [3.8, 4) is 0 Å². The summed E-state index contributed by atoms with van der Waals surface area (Å²) < 4.78 is 5.12. The summed E-state index contributed by atoms with van der Waals surface area (Å²) in [6.45, 7) is 10.4. The number of ether oxygens (including phenoxy) is 1. The number of nitrogens with one attached hydrogen (secondary N) is 2. The zero-order chi connectivity index (χ0) is 15.2. The van der Waals surface area contributed by atoms with Crippen molar-refractivity contribution in [1.29, 1.82) is 0 Å². The van der Waals surface area contributed by atoms with Crippen molar-refractivity contribution in [3.63, 3.8) is 0 Å². The van der Waals surface area contributed by atoms with E-state index in [1.165, 1.54) is 0 Å². The molecule has 6 nitrogen and oxygen atoms in total. The third-order valence-corrected chi connectivity index (χ3v) is 2.28. The second-order valence-corrected chi connectivity index (χ2v) is 5.96. The van der Waals surface area contributed by atoms with Crippen molar-refractivity contribution in [3.05, 3.63) is 0 Å². The fraction of sp³-hybridized carbons (Fsp3) is 0.846. The lowest BCUT2D eigenvalue weighted by Crippen LogP contribution is -2.53. The van der Waals surface area contributed by atoms with Crippen LogP contribution in [0.15, 0.2) is 0 Å². The zero-order valence-corrected chi connectivity index (χ0v) is 12.6. The van der Waals surface area contributed by atoms with Gasteiger partial charge in [0, 0.05) is 6.04 Å². The second-order valence-electron chi connectivity index (χ2n) is 5.96. The fourth-order valence-corrected chi connectivity index (χ4v) is 1.35. The van der Waals surface area contributed by atoms with E-state index in [4.69, 9.17) is 9.84 Å². The molecular formula is C13H26N2O4. The molecule has 0 aromatic rings. The quantitative estimate of drug-likeness (QED) is 0.699. The predicted molar refractivity (Wildman–Crippen MR) is 72.7 cm³/mol. The van der Waals surface area contributed by atoms with Crippen LogP contribution >= 0.6 is 0 Å². The molecule has 19 heavy (non-hydrogen) atoms. The van der Waals surface area contributed by atoms with E-state index in [0.29, 0.717) is 0 Å². The number of aliphatic hydroxyl groups is 1.